The highest BCUT2D eigenvalue weighted by Crippen LogP contribution is 2.38. The zero-order valence-electron chi connectivity index (χ0n) is 14.7. The number of rotatable bonds is 4. The van der Waals surface area contributed by atoms with Crippen molar-refractivity contribution in [2.45, 2.75) is 44.6 Å². The zero-order chi connectivity index (χ0) is 18.7. The molecule has 0 aromatic heterocycles. The van der Waals surface area contributed by atoms with Crippen LogP contribution >= 0.6 is 0 Å². The van der Waals surface area contributed by atoms with Gasteiger partial charge in [0.15, 0.2) is 0 Å². The summed E-state index contributed by atoms with van der Waals surface area (Å²) in [5.41, 5.74) is 0.562. The summed E-state index contributed by atoms with van der Waals surface area (Å²) in [6, 6.07) is 8.46. The normalized spacial score (nSPS) is 25.1. The molecule has 2 N–H and O–H groups in total. The molecular formula is C19H22N4O3. The Morgan fingerprint density at radius 2 is 2.08 bits per heavy atom. The number of benzene rings is 1. The minimum Gasteiger partial charge on any atom is -0.325 e. The van der Waals surface area contributed by atoms with E-state index >= 15 is 0 Å². The molecule has 4 amide bonds. The Balaban J connectivity index is 1.64. The van der Waals surface area contributed by atoms with Crippen molar-refractivity contribution in [3.05, 3.63) is 29.8 Å². The van der Waals surface area contributed by atoms with E-state index in [4.69, 9.17) is 5.26 Å². The highest BCUT2D eigenvalue weighted by molar-refractivity contribution is 6.10. The third kappa shape index (κ3) is 3.27. The Bertz CT molecular complexity index is 768. The average Bonchev–Trinajstić information content (AvgIpc) is 2.85. The minimum atomic E-state index is -0.853. The topological polar surface area (TPSA) is 102 Å². The van der Waals surface area contributed by atoms with Crippen molar-refractivity contribution in [3.8, 4) is 6.07 Å². The van der Waals surface area contributed by atoms with Crippen LogP contribution in [0.15, 0.2) is 24.3 Å². The molecule has 0 bridgehead atoms. The molecule has 1 saturated carbocycles. The molecular weight excluding hydrogens is 332 g/mol. The lowest BCUT2D eigenvalue weighted by atomic mass is 9.73. The Hall–Kier alpha value is -2.88. The third-order valence-electron chi connectivity index (χ3n) is 5.32. The predicted octanol–water partition coefficient (Wildman–Crippen LogP) is 2.19. The zero-order valence-corrected chi connectivity index (χ0v) is 14.7. The molecule has 2 atom stereocenters. The van der Waals surface area contributed by atoms with Crippen LogP contribution in [-0.4, -0.2) is 34.8 Å². The van der Waals surface area contributed by atoms with E-state index in [1.165, 1.54) is 0 Å². The number of carbonyl (C=O) groups excluding carboxylic acids is 3. The molecule has 0 unspecified atom stereocenters. The Labute approximate surface area is 152 Å². The average molecular weight is 354 g/mol. The van der Waals surface area contributed by atoms with Crippen molar-refractivity contribution in [3.63, 3.8) is 0 Å². The number of carbonyl (C=O) groups is 3. The summed E-state index contributed by atoms with van der Waals surface area (Å²) in [5.74, 6) is -0.662. The first kappa shape index (κ1) is 17.9. The van der Waals surface area contributed by atoms with Crippen LogP contribution in [0.1, 0.15) is 38.2 Å². The molecule has 2 fully saturated rings. The number of nitriles is 1. The van der Waals surface area contributed by atoms with E-state index in [9.17, 15) is 14.4 Å². The summed E-state index contributed by atoms with van der Waals surface area (Å²) in [4.78, 5) is 38.4. The second-order valence-electron chi connectivity index (χ2n) is 7.02. The van der Waals surface area contributed by atoms with Gasteiger partial charge >= 0.3 is 6.03 Å². The van der Waals surface area contributed by atoms with E-state index in [0.717, 1.165) is 29.7 Å². The molecule has 1 aromatic rings. The van der Waals surface area contributed by atoms with Crippen LogP contribution in [0.2, 0.25) is 0 Å². The molecule has 1 saturated heterocycles. The number of hydrogen-bond donors (Lipinski definition) is 2. The Morgan fingerprint density at radius 1 is 1.35 bits per heavy atom. The Morgan fingerprint density at radius 3 is 2.73 bits per heavy atom. The SMILES string of the molecule is C[C@H]1CCCC[C@]12NC(=O)N(CC(=O)Nc1ccc(CC#N)cc1)C2=O. The van der Waals surface area contributed by atoms with Crippen LogP contribution < -0.4 is 10.6 Å². The second-order valence-corrected chi connectivity index (χ2v) is 7.02. The summed E-state index contributed by atoms with van der Waals surface area (Å²) in [6.45, 7) is 1.67. The van der Waals surface area contributed by atoms with Gasteiger partial charge < -0.3 is 10.6 Å². The Kier molecular flexibility index (Phi) is 4.94. The van der Waals surface area contributed by atoms with Crippen LogP contribution in [0.5, 0.6) is 0 Å². The van der Waals surface area contributed by atoms with E-state index < -0.39 is 17.5 Å². The van der Waals surface area contributed by atoms with Crippen molar-refractivity contribution in [1.82, 2.24) is 10.2 Å². The lowest BCUT2D eigenvalue weighted by molar-refractivity contribution is -0.136. The van der Waals surface area contributed by atoms with Gasteiger partial charge in [-0.25, -0.2) is 4.79 Å². The molecule has 136 valence electrons. The van der Waals surface area contributed by atoms with Gasteiger partial charge in [-0.15, -0.1) is 0 Å². The van der Waals surface area contributed by atoms with E-state index in [1.807, 2.05) is 6.92 Å². The molecule has 2 aliphatic rings. The first-order valence-electron chi connectivity index (χ1n) is 8.86. The summed E-state index contributed by atoms with van der Waals surface area (Å²) in [6.07, 6.45) is 3.76. The number of nitrogens with zero attached hydrogens (tertiary/aromatic N) is 2. The molecule has 0 radical (unpaired) electrons. The van der Waals surface area contributed by atoms with E-state index in [0.29, 0.717) is 18.5 Å². The number of imide groups is 1. The molecule has 1 spiro atoms. The van der Waals surface area contributed by atoms with Gasteiger partial charge in [-0.2, -0.15) is 5.26 Å². The van der Waals surface area contributed by atoms with Gasteiger partial charge in [-0.1, -0.05) is 31.9 Å². The highest BCUT2D eigenvalue weighted by atomic mass is 16.2. The number of hydrogen-bond acceptors (Lipinski definition) is 4. The van der Waals surface area contributed by atoms with Gasteiger partial charge in [0.1, 0.15) is 12.1 Å². The maximum absolute atomic E-state index is 12.8. The number of amides is 4. The van der Waals surface area contributed by atoms with Gasteiger partial charge in [-0.3, -0.25) is 14.5 Å². The van der Waals surface area contributed by atoms with Gasteiger partial charge in [-0.05, 0) is 36.5 Å². The first-order chi connectivity index (χ1) is 12.5. The van der Waals surface area contributed by atoms with Gasteiger partial charge in [0.2, 0.25) is 5.91 Å². The maximum Gasteiger partial charge on any atom is 0.325 e. The van der Waals surface area contributed by atoms with Crippen molar-refractivity contribution < 1.29 is 14.4 Å². The van der Waals surface area contributed by atoms with E-state index in [-0.39, 0.29) is 18.4 Å². The van der Waals surface area contributed by atoms with Crippen LogP contribution in [-0.2, 0) is 16.0 Å². The van der Waals surface area contributed by atoms with Crippen molar-refractivity contribution in [1.29, 1.82) is 5.26 Å². The fourth-order valence-electron chi connectivity index (χ4n) is 3.78. The van der Waals surface area contributed by atoms with Crippen molar-refractivity contribution >= 4 is 23.5 Å². The van der Waals surface area contributed by atoms with Crippen LogP contribution in [0.25, 0.3) is 0 Å². The minimum absolute atomic E-state index is 0.0634. The van der Waals surface area contributed by atoms with Crippen LogP contribution in [0, 0.1) is 17.2 Å². The molecule has 26 heavy (non-hydrogen) atoms. The van der Waals surface area contributed by atoms with E-state index in [1.54, 1.807) is 24.3 Å². The molecule has 7 heteroatoms. The summed E-state index contributed by atoms with van der Waals surface area (Å²) < 4.78 is 0. The largest absolute Gasteiger partial charge is 0.325 e. The third-order valence-corrected chi connectivity index (χ3v) is 5.32. The second kappa shape index (κ2) is 7.16. The smallest absolute Gasteiger partial charge is 0.325 e. The monoisotopic (exact) mass is 354 g/mol. The molecule has 1 heterocycles. The van der Waals surface area contributed by atoms with E-state index in [2.05, 4.69) is 16.7 Å². The molecule has 1 aliphatic carbocycles. The summed E-state index contributed by atoms with van der Waals surface area (Å²) in [5, 5.41) is 14.2. The fourth-order valence-corrected chi connectivity index (χ4v) is 3.78. The van der Waals surface area contributed by atoms with Crippen LogP contribution in [0.4, 0.5) is 10.5 Å². The molecule has 7 nitrogen and oxygen atoms in total. The molecule has 1 aliphatic heterocycles. The maximum atomic E-state index is 12.8. The quantitative estimate of drug-likeness (QED) is 0.809. The van der Waals surface area contributed by atoms with Crippen molar-refractivity contribution in [2.75, 3.05) is 11.9 Å². The summed E-state index contributed by atoms with van der Waals surface area (Å²) in [7, 11) is 0. The first-order valence-corrected chi connectivity index (χ1v) is 8.86. The van der Waals surface area contributed by atoms with Gasteiger partial charge in [0, 0.05) is 5.69 Å². The number of anilines is 1. The predicted molar refractivity (Wildman–Crippen MR) is 95.0 cm³/mol. The van der Waals surface area contributed by atoms with Gasteiger partial charge in [0.25, 0.3) is 5.91 Å². The van der Waals surface area contributed by atoms with Crippen LogP contribution in [0.3, 0.4) is 0 Å². The van der Waals surface area contributed by atoms with Gasteiger partial charge in [0.05, 0.1) is 12.5 Å². The fraction of sp³-hybridized carbons (Fsp3) is 0.474. The molecule has 3 rings (SSSR count). The summed E-state index contributed by atoms with van der Waals surface area (Å²) >= 11 is 0. The van der Waals surface area contributed by atoms with Crippen molar-refractivity contribution in [2.24, 2.45) is 5.92 Å². The lowest BCUT2D eigenvalue weighted by Crippen LogP contribution is -2.54. The lowest BCUT2D eigenvalue weighted by Gasteiger charge is -2.36. The number of nitrogens with one attached hydrogen (secondary N) is 2. The number of urea groups is 1. The standard InChI is InChI=1S/C19H22N4O3/c1-13-4-2-3-10-19(13)17(25)23(18(26)22-19)12-16(24)21-15-7-5-14(6-8-15)9-11-20/h5-8,13H,2-4,9-10,12H2,1H3,(H,21,24)(H,22,26)/t13-,19-/m0/s1. The molecule has 1 aromatic carbocycles. The highest BCUT2D eigenvalue weighted by Gasteiger charge is 2.55.